The number of nitrogens with two attached hydrogens (primary N) is 1. The summed E-state index contributed by atoms with van der Waals surface area (Å²) in [5.41, 5.74) is 7.81. The van der Waals surface area contributed by atoms with Gasteiger partial charge in [0.1, 0.15) is 10.7 Å². The number of carbonyl (C=O) groups excluding carboxylic acids is 2. The zero-order valence-electron chi connectivity index (χ0n) is 12.3. The monoisotopic (exact) mass is 307 g/mol. The topological polar surface area (TPSA) is 86.3 Å². The van der Waals surface area contributed by atoms with Gasteiger partial charge in [-0.15, -0.1) is 11.3 Å². The third-order valence-corrected chi connectivity index (χ3v) is 4.38. The molecular weight excluding hydrogens is 290 g/mol. The molecular formula is C14H17N3O3S. The van der Waals surface area contributed by atoms with Crippen molar-refractivity contribution >= 4 is 33.9 Å². The second-order valence-corrected chi connectivity index (χ2v) is 5.93. The van der Waals surface area contributed by atoms with E-state index >= 15 is 0 Å². The Morgan fingerprint density at radius 2 is 2.05 bits per heavy atom. The predicted octanol–water partition coefficient (Wildman–Crippen LogP) is 2.32. The molecule has 0 aliphatic rings. The van der Waals surface area contributed by atoms with Crippen LogP contribution in [0.15, 0.2) is 12.3 Å². The van der Waals surface area contributed by atoms with E-state index in [1.54, 1.807) is 23.9 Å². The van der Waals surface area contributed by atoms with Crippen molar-refractivity contribution in [3.05, 3.63) is 34.0 Å². The Kier molecular flexibility index (Phi) is 4.04. The highest BCUT2D eigenvalue weighted by atomic mass is 32.1. The summed E-state index contributed by atoms with van der Waals surface area (Å²) in [4.78, 5) is 25.1. The number of rotatable bonds is 3. The summed E-state index contributed by atoms with van der Waals surface area (Å²) >= 11 is 1.35. The van der Waals surface area contributed by atoms with E-state index in [1.807, 2.05) is 13.8 Å². The molecule has 0 aliphatic carbocycles. The quantitative estimate of drug-likeness (QED) is 0.852. The van der Waals surface area contributed by atoms with Gasteiger partial charge in [0.25, 0.3) is 5.91 Å². The number of aryl methyl sites for hydroxylation is 2. The molecule has 2 rings (SSSR count). The smallest absolute Gasteiger partial charge is 0.341 e. The van der Waals surface area contributed by atoms with Gasteiger partial charge in [0, 0.05) is 18.1 Å². The maximum atomic E-state index is 12.3. The highest BCUT2D eigenvalue weighted by Gasteiger charge is 2.22. The van der Waals surface area contributed by atoms with E-state index in [0.29, 0.717) is 21.9 Å². The molecule has 2 heterocycles. The van der Waals surface area contributed by atoms with E-state index < -0.39 is 5.97 Å². The molecule has 0 saturated heterocycles. The molecule has 0 spiro atoms. The second-order valence-electron chi connectivity index (χ2n) is 4.70. The number of amides is 1. The summed E-state index contributed by atoms with van der Waals surface area (Å²) in [6.07, 6.45) is 1.65. The van der Waals surface area contributed by atoms with Crippen LogP contribution in [0.2, 0.25) is 0 Å². The Labute approximate surface area is 126 Å². The molecule has 2 aromatic heterocycles. The van der Waals surface area contributed by atoms with Crippen molar-refractivity contribution < 1.29 is 14.3 Å². The molecule has 0 bridgehead atoms. The minimum Gasteiger partial charge on any atom is -0.465 e. The summed E-state index contributed by atoms with van der Waals surface area (Å²) in [7, 11) is 3.05. The van der Waals surface area contributed by atoms with Crippen LogP contribution in [0.3, 0.4) is 0 Å². The van der Waals surface area contributed by atoms with Gasteiger partial charge < -0.3 is 20.4 Å². The molecule has 0 aromatic carbocycles. The molecule has 3 N–H and O–H groups in total. The first-order valence-corrected chi connectivity index (χ1v) is 7.08. The number of aromatic nitrogens is 1. The van der Waals surface area contributed by atoms with Gasteiger partial charge in [0.2, 0.25) is 0 Å². The van der Waals surface area contributed by atoms with Gasteiger partial charge in [-0.1, -0.05) is 0 Å². The Balaban J connectivity index is 2.36. The molecule has 0 saturated carbocycles. The van der Waals surface area contributed by atoms with E-state index in [4.69, 9.17) is 10.5 Å². The van der Waals surface area contributed by atoms with Crippen LogP contribution in [0.1, 0.15) is 31.3 Å². The molecule has 112 valence electrons. The standard InChI is InChI=1S/C14H17N3O3S/c1-7-8(2)21-13(11(7)14(19)20-4)16-12(18)10-5-9(15)6-17(10)3/h5-6H,15H2,1-4H3,(H,16,18). The highest BCUT2D eigenvalue weighted by molar-refractivity contribution is 7.16. The largest absolute Gasteiger partial charge is 0.465 e. The third kappa shape index (κ3) is 2.78. The van der Waals surface area contributed by atoms with Gasteiger partial charge in [-0.3, -0.25) is 4.79 Å². The van der Waals surface area contributed by atoms with Gasteiger partial charge in [-0.25, -0.2) is 4.79 Å². The van der Waals surface area contributed by atoms with Crippen LogP contribution < -0.4 is 11.1 Å². The SMILES string of the molecule is COC(=O)c1c(NC(=O)c2cc(N)cn2C)sc(C)c1C. The first kappa shape index (κ1) is 15.1. The Hall–Kier alpha value is -2.28. The van der Waals surface area contributed by atoms with E-state index in [1.165, 1.54) is 18.4 Å². The number of thiophene rings is 1. The average molecular weight is 307 g/mol. The van der Waals surface area contributed by atoms with Gasteiger partial charge in [-0.2, -0.15) is 0 Å². The first-order chi connectivity index (χ1) is 9.85. The molecule has 0 unspecified atom stereocenters. The van der Waals surface area contributed by atoms with Crippen molar-refractivity contribution in [2.24, 2.45) is 7.05 Å². The zero-order valence-corrected chi connectivity index (χ0v) is 13.1. The van der Waals surface area contributed by atoms with Crippen LogP contribution in [0.5, 0.6) is 0 Å². The number of methoxy groups -OCH3 is 1. The number of esters is 1. The Morgan fingerprint density at radius 3 is 2.57 bits per heavy atom. The van der Waals surface area contributed by atoms with Crippen LogP contribution in [0.4, 0.5) is 10.7 Å². The molecule has 0 radical (unpaired) electrons. The summed E-state index contributed by atoms with van der Waals surface area (Å²) in [6, 6.07) is 1.58. The lowest BCUT2D eigenvalue weighted by Crippen LogP contribution is -2.16. The summed E-state index contributed by atoms with van der Waals surface area (Å²) in [6.45, 7) is 3.72. The van der Waals surface area contributed by atoms with Crippen LogP contribution in [-0.2, 0) is 11.8 Å². The van der Waals surface area contributed by atoms with E-state index in [0.717, 1.165) is 10.4 Å². The van der Waals surface area contributed by atoms with Crippen molar-refractivity contribution in [1.82, 2.24) is 4.57 Å². The summed E-state index contributed by atoms with van der Waals surface area (Å²) in [5.74, 6) is -0.779. The number of hydrogen-bond donors (Lipinski definition) is 2. The Morgan fingerprint density at radius 1 is 1.38 bits per heavy atom. The molecule has 21 heavy (non-hydrogen) atoms. The summed E-state index contributed by atoms with van der Waals surface area (Å²) < 4.78 is 6.41. The van der Waals surface area contributed by atoms with E-state index in [9.17, 15) is 9.59 Å². The Bertz CT molecular complexity index is 715. The fraction of sp³-hybridized carbons (Fsp3) is 0.286. The highest BCUT2D eigenvalue weighted by Crippen LogP contribution is 2.33. The number of hydrogen-bond acceptors (Lipinski definition) is 5. The van der Waals surface area contributed by atoms with Crippen LogP contribution in [-0.4, -0.2) is 23.6 Å². The zero-order chi connectivity index (χ0) is 15.7. The first-order valence-electron chi connectivity index (χ1n) is 6.26. The number of carbonyl (C=O) groups is 2. The minimum atomic E-state index is -0.460. The second kappa shape index (κ2) is 5.61. The summed E-state index contributed by atoms with van der Waals surface area (Å²) in [5, 5.41) is 3.25. The van der Waals surface area contributed by atoms with Crippen LogP contribution in [0, 0.1) is 13.8 Å². The van der Waals surface area contributed by atoms with Gasteiger partial charge >= 0.3 is 5.97 Å². The molecule has 6 nitrogen and oxygen atoms in total. The van der Waals surface area contributed by atoms with E-state index in [-0.39, 0.29) is 5.91 Å². The third-order valence-electron chi connectivity index (χ3n) is 3.26. The molecule has 0 fully saturated rings. The fourth-order valence-electron chi connectivity index (χ4n) is 2.05. The molecule has 1 amide bonds. The van der Waals surface area contributed by atoms with Crippen molar-refractivity contribution in [3.63, 3.8) is 0 Å². The number of ether oxygens (including phenoxy) is 1. The molecule has 0 aliphatic heterocycles. The number of nitrogens with zero attached hydrogens (tertiary/aromatic N) is 1. The van der Waals surface area contributed by atoms with Crippen LogP contribution >= 0.6 is 11.3 Å². The predicted molar refractivity (Wildman–Crippen MR) is 82.9 cm³/mol. The fourth-order valence-corrected chi connectivity index (χ4v) is 3.09. The minimum absolute atomic E-state index is 0.319. The number of nitrogens with one attached hydrogen (secondary N) is 1. The number of anilines is 2. The van der Waals surface area contributed by atoms with Crippen molar-refractivity contribution in [2.45, 2.75) is 13.8 Å². The van der Waals surface area contributed by atoms with Crippen molar-refractivity contribution in [1.29, 1.82) is 0 Å². The molecule has 7 heteroatoms. The van der Waals surface area contributed by atoms with E-state index in [2.05, 4.69) is 5.32 Å². The normalized spacial score (nSPS) is 10.5. The van der Waals surface area contributed by atoms with Crippen molar-refractivity contribution in [2.75, 3.05) is 18.2 Å². The van der Waals surface area contributed by atoms with Gasteiger partial charge in [0.15, 0.2) is 0 Å². The molecule has 2 aromatic rings. The van der Waals surface area contributed by atoms with Gasteiger partial charge in [-0.05, 0) is 25.5 Å². The molecule has 0 atom stereocenters. The maximum Gasteiger partial charge on any atom is 0.341 e. The lowest BCUT2D eigenvalue weighted by atomic mass is 10.1. The van der Waals surface area contributed by atoms with Gasteiger partial charge in [0.05, 0.1) is 18.4 Å². The number of nitrogen functional groups attached to an aromatic ring is 1. The lowest BCUT2D eigenvalue weighted by Gasteiger charge is -2.06. The average Bonchev–Trinajstić information content (AvgIpc) is 2.89. The lowest BCUT2D eigenvalue weighted by molar-refractivity contribution is 0.0601. The van der Waals surface area contributed by atoms with Crippen LogP contribution in [0.25, 0.3) is 0 Å². The maximum absolute atomic E-state index is 12.3. The van der Waals surface area contributed by atoms with Crippen molar-refractivity contribution in [3.8, 4) is 0 Å².